The molecule has 0 saturated heterocycles. The summed E-state index contributed by atoms with van der Waals surface area (Å²) in [5.74, 6) is -2.29. The lowest BCUT2D eigenvalue weighted by Crippen LogP contribution is -2.30. The molecule has 0 rings (SSSR count). The number of phosphoric acid groups is 2. The highest BCUT2D eigenvalue weighted by atomic mass is 31.2. The van der Waals surface area contributed by atoms with Crippen molar-refractivity contribution < 1.29 is 80.2 Å². The summed E-state index contributed by atoms with van der Waals surface area (Å²) in [6, 6.07) is 0. The Kier molecular flexibility index (Phi) is 69.5. The molecule has 5 unspecified atom stereocenters. The molecule has 0 aliphatic heterocycles. The first kappa shape index (κ1) is 95.5. The Morgan fingerprint density at radius 2 is 0.520 bits per heavy atom. The monoisotopic (exact) mass is 1440 g/mol. The van der Waals surface area contributed by atoms with E-state index < -0.39 is 97.5 Å². The van der Waals surface area contributed by atoms with Crippen LogP contribution in [0.2, 0.25) is 0 Å². The van der Waals surface area contributed by atoms with Crippen molar-refractivity contribution >= 4 is 39.5 Å². The van der Waals surface area contributed by atoms with Crippen molar-refractivity contribution in [2.75, 3.05) is 39.6 Å². The summed E-state index contributed by atoms with van der Waals surface area (Å²) in [4.78, 5) is 72.9. The summed E-state index contributed by atoms with van der Waals surface area (Å²) < 4.78 is 68.4. The molecule has 0 aliphatic carbocycles. The molecule has 0 saturated carbocycles. The van der Waals surface area contributed by atoms with Crippen molar-refractivity contribution in [2.24, 2.45) is 0 Å². The molecule has 0 radical (unpaired) electrons. The molecule has 0 aliphatic rings. The van der Waals surface area contributed by atoms with Crippen LogP contribution in [0, 0.1) is 0 Å². The van der Waals surface area contributed by atoms with Crippen molar-refractivity contribution in [1.82, 2.24) is 0 Å². The largest absolute Gasteiger partial charge is 0.472 e. The highest BCUT2D eigenvalue weighted by molar-refractivity contribution is 7.47. The Balaban J connectivity index is 5.44. The number of aliphatic hydroxyl groups is 1. The zero-order valence-corrected chi connectivity index (χ0v) is 64.4. The fraction of sp³-hybridized carbons (Fsp3) is 0.704. The van der Waals surface area contributed by atoms with Gasteiger partial charge in [0, 0.05) is 25.7 Å². The van der Waals surface area contributed by atoms with Gasteiger partial charge in [0.1, 0.15) is 19.3 Å². The van der Waals surface area contributed by atoms with Gasteiger partial charge in [-0.1, -0.05) is 252 Å². The van der Waals surface area contributed by atoms with Crippen LogP contribution in [0.25, 0.3) is 0 Å². The van der Waals surface area contributed by atoms with Gasteiger partial charge < -0.3 is 33.8 Å². The molecule has 0 amide bonds. The van der Waals surface area contributed by atoms with Gasteiger partial charge in [0.25, 0.3) is 0 Å². The van der Waals surface area contributed by atoms with Crippen LogP contribution in [0.4, 0.5) is 0 Å². The van der Waals surface area contributed by atoms with Gasteiger partial charge in [-0.15, -0.1) is 0 Å². The molecule has 5 atom stereocenters. The maximum absolute atomic E-state index is 13.1. The average Bonchev–Trinajstić information content (AvgIpc) is 1.01. The quantitative estimate of drug-likeness (QED) is 0.0169. The summed E-state index contributed by atoms with van der Waals surface area (Å²) in [5, 5.41) is 10.6. The van der Waals surface area contributed by atoms with E-state index in [0.29, 0.717) is 32.1 Å². The minimum absolute atomic E-state index is 0.0306. The van der Waals surface area contributed by atoms with Crippen molar-refractivity contribution in [3.8, 4) is 0 Å². The normalized spacial score (nSPS) is 14.6. The van der Waals surface area contributed by atoms with E-state index in [2.05, 4.69) is 149 Å². The maximum atomic E-state index is 13.1. The van der Waals surface area contributed by atoms with E-state index in [-0.39, 0.29) is 25.7 Å². The number of ether oxygens (including phenoxy) is 4. The molecule has 17 nitrogen and oxygen atoms in total. The van der Waals surface area contributed by atoms with Crippen LogP contribution in [0.15, 0.2) is 122 Å². The molecule has 0 aromatic carbocycles. The molecule has 0 spiro atoms. The SMILES string of the molecule is CC/C=C\C/C=C\C/C=C\C/C=C\CCCCC(=O)OCC(COP(=O)(O)OCC(O)COP(=O)(O)OCC(COC(=O)CCCCCCC/C=C\CCCCCCCC)OC(=O)CCCCCCC/C=C\CCCCCCCC)OC(=O)CCCC/C=C\C/C=C\C/C=C\C/C=C\CC. The topological polar surface area (TPSA) is 237 Å². The Bertz CT molecular complexity index is 2370. The third kappa shape index (κ3) is 71.8. The molecule has 0 bridgehead atoms. The summed E-state index contributed by atoms with van der Waals surface area (Å²) in [6.07, 6.45) is 79.1. The van der Waals surface area contributed by atoms with Crippen LogP contribution in [-0.2, 0) is 65.4 Å². The number of carbonyl (C=O) groups is 4. The van der Waals surface area contributed by atoms with Crippen molar-refractivity contribution in [1.29, 1.82) is 0 Å². The van der Waals surface area contributed by atoms with Crippen molar-refractivity contribution in [2.45, 2.75) is 329 Å². The molecule has 0 heterocycles. The Hall–Kier alpha value is -4.54. The van der Waals surface area contributed by atoms with Crippen molar-refractivity contribution in [3.63, 3.8) is 0 Å². The van der Waals surface area contributed by atoms with E-state index in [1.165, 1.54) is 77.0 Å². The highest BCUT2D eigenvalue weighted by Crippen LogP contribution is 2.45. The van der Waals surface area contributed by atoms with Gasteiger partial charge in [-0.25, -0.2) is 9.13 Å². The second-order valence-electron chi connectivity index (χ2n) is 25.5. The van der Waals surface area contributed by atoms with Crippen LogP contribution < -0.4 is 0 Å². The Morgan fingerprint density at radius 1 is 0.290 bits per heavy atom. The number of rotatable bonds is 72. The fourth-order valence-electron chi connectivity index (χ4n) is 10.0. The van der Waals surface area contributed by atoms with Crippen LogP contribution in [0.5, 0.6) is 0 Å². The number of esters is 4. The minimum Gasteiger partial charge on any atom is -0.462 e. The van der Waals surface area contributed by atoms with Gasteiger partial charge in [-0.2, -0.15) is 0 Å². The number of phosphoric ester groups is 2. The Morgan fingerprint density at radius 3 is 0.830 bits per heavy atom. The van der Waals surface area contributed by atoms with Crippen LogP contribution in [0.1, 0.15) is 310 Å². The summed E-state index contributed by atoms with van der Waals surface area (Å²) in [6.45, 7) is 4.53. The number of allylic oxidation sites excluding steroid dienone is 20. The highest BCUT2D eigenvalue weighted by Gasteiger charge is 2.30. The molecule has 0 aromatic rings. The summed E-state index contributed by atoms with van der Waals surface area (Å²) >= 11 is 0. The molecule has 0 aromatic heterocycles. The predicted octanol–water partition coefficient (Wildman–Crippen LogP) is 22.3. The van der Waals surface area contributed by atoms with E-state index in [1.54, 1.807) is 0 Å². The lowest BCUT2D eigenvalue weighted by molar-refractivity contribution is -0.161. The van der Waals surface area contributed by atoms with Gasteiger partial charge in [0.05, 0.1) is 26.4 Å². The first-order chi connectivity index (χ1) is 48.7. The third-order valence-corrected chi connectivity index (χ3v) is 17.8. The Labute approximate surface area is 606 Å². The first-order valence-corrected chi connectivity index (χ1v) is 41.8. The van der Waals surface area contributed by atoms with E-state index in [0.717, 1.165) is 148 Å². The maximum Gasteiger partial charge on any atom is 0.472 e. The first-order valence-electron chi connectivity index (χ1n) is 38.8. The average molecular weight is 1450 g/mol. The minimum atomic E-state index is -5.00. The summed E-state index contributed by atoms with van der Waals surface area (Å²) in [5.41, 5.74) is 0. The van der Waals surface area contributed by atoms with Crippen LogP contribution in [0.3, 0.4) is 0 Å². The van der Waals surface area contributed by atoms with Crippen molar-refractivity contribution in [3.05, 3.63) is 122 Å². The zero-order valence-electron chi connectivity index (χ0n) is 62.6. The van der Waals surface area contributed by atoms with Crippen LogP contribution >= 0.6 is 15.6 Å². The van der Waals surface area contributed by atoms with E-state index in [4.69, 9.17) is 37.0 Å². The van der Waals surface area contributed by atoms with Gasteiger partial charge in [0.2, 0.25) is 0 Å². The molecule has 3 N–H and O–H groups in total. The molecule has 0 fully saturated rings. The van der Waals surface area contributed by atoms with Gasteiger partial charge >= 0.3 is 39.5 Å². The molecular weight excluding hydrogens is 1310 g/mol. The molecule has 19 heteroatoms. The number of hydrogen-bond acceptors (Lipinski definition) is 15. The smallest absolute Gasteiger partial charge is 0.462 e. The third-order valence-electron chi connectivity index (χ3n) is 15.9. The lowest BCUT2D eigenvalue weighted by Gasteiger charge is -2.21. The van der Waals surface area contributed by atoms with E-state index in [9.17, 15) is 43.2 Å². The number of unbranched alkanes of at least 4 members (excludes halogenated alkanes) is 26. The molecule has 574 valence electrons. The van der Waals surface area contributed by atoms with Gasteiger partial charge in [-0.05, 0) is 154 Å². The standard InChI is InChI=1S/C81H138O17P2/c1-5-9-13-17-21-25-29-33-37-41-45-49-53-57-61-65-78(83)91-71-76(97-80(85)67-63-59-55-51-47-43-39-35-31-27-23-19-15-11-7-3)73-95-99(87,88)93-69-75(82)70-94-100(89,90)96-74-77(98-81(86)68-64-60-56-52-48-44-40-36-32-28-24-20-16-12-8-4)72-92-79(84)66-62-58-54-50-46-42-38-34-30-26-22-18-14-10-6-2/h9,11,13,15,21,23,25,27,33-40,45,47,49,51,75-77,82H,5-8,10,12,14,16-20,22,24,26,28-32,41-44,46,48,50,52-74H2,1-4H3,(H,87,88)(H,89,90)/b13-9-,15-11-,25-21-,27-23-,37-33-,38-34-,39-35-,40-36-,49-45-,51-47-. The van der Waals surface area contributed by atoms with E-state index >= 15 is 0 Å². The van der Waals surface area contributed by atoms with Gasteiger partial charge in [-0.3, -0.25) is 37.3 Å². The number of aliphatic hydroxyl groups excluding tert-OH is 1. The second-order valence-corrected chi connectivity index (χ2v) is 28.4. The molecule has 100 heavy (non-hydrogen) atoms. The lowest BCUT2D eigenvalue weighted by atomic mass is 10.1. The predicted molar refractivity (Wildman–Crippen MR) is 408 cm³/mol. The van der Waals surface area contributed by atoms with E-state index in [1.807, 2.05) is 0 Å². The number of carbonyl (C=O) groups excluding carboxylic acids is 4. The van der Waals surface area contributed by atoms with Crippen LogP contribution in [-0.4, -0.2) is 96.7 Å². The van der Waals surface area contributed by atoms with Gasteiger partial charge in [0.15, 0.2) is 12.2 Å². The summed E-state index contributed by atoms with van der Waals surface area (Å²) in [7, 11) is -9.98. The second kappa shape index (κ2) is 72.8. The fourth-order valence-corrected chi connectivity index (χ4v) is 11.6. The molecular formula is C81H138O17P2. The number of hydrogen-bond donors (Lipinski definition) is 3. The zero-order chi connectivity index (χ0) is 73.2.